The van der Waals surface area contributed by atoms with Gasteiger partial charge in [0.25, 0.3) is 0 Å². The van der Waals surface area contributed by atoms with Crippen LogP contribution in [0.2, 0.25) is 0 Å². The molecule has 0 aliphatic carbocycles. The van der Waals surface area contributed by atoms with E-state index in [9.17, 15) is 0 Å². The molecule has 4 heterocycles. The standard InChI is InChI=1S/C16H11N3S.C9H7N/c1-2-4-11(5-3-1)15-10-20-16(19-15)14-8-12-9-17-7-6-13(12)18-14;1-2-6-9-8(4-1)5-3-7-10-9/h1-10,18H;1-7H. The van der Waals surface area contributed by atoms with Crippen LogP contribution in [0.15, 0.2) is 103 Å². The van der Waals surface area contributed by atoms with Crippen LogP contribution in [0.5, 0.6) is 0 Å². The normalized spacial score (nSPS) is 10.7. The average molecular weight is 407 g/mol. The largest absolute Gasteiger partial charge is 0.352 e. The fourth-order valence-electron chi connectivity index (χ4n) is 3.24. The minimum atomic E-state index is 1.00. The molecule has 0 amide bonds. The molecule has 0 radical (unpaired) electrons. The van der Waals surface area contributed by atoms with E-state index >= 15 is 0 Å². The van der Waals surface area contributed by atoms with Gasteiger partial charge in [-0.05, 0) is 24.3 Å². The molecule has 0 atom stereocenters. The molecular weight excluding hydrogens is 388 g/mol. The first-order chi connectivity index (χ1) is 14.9. The maximum atomic E-state index is 4.71. The lowest BCUT2D eigenvalue weighted by molar-refractivity contribution is 1.34. The second kappa shape index (κ2) is 8.27. The number of fused-ring (bicyclic) bond motifs is 2. The summed E-state index contributed by atoms with van der Waals surface area (Å²) in [5.74, 6) is 0. The molecule has 0 saturated carbocycles. The minimum absolute atomic E-state index is 1.00. The summed E-state index contributed by atoms with van der Waals surface area (Å²) in [6, 6.07) is 26.4. The van der Waals surface area contributed by atoms with E-state index in [0.717, 1.165) is 38.4 Å². The van der Waals surface area contributed by atoms with E-state index in [1.54, 1.807) is 17.5 Å². The fraction of sp³-hybridized carbons (Fsp3) is 0. The second-order valence-electron chi connectivity index (χ2n) is 6.75. The molecule has 0 fully saturated rings. The van der Waals surface area contributed by atoms with Gasteiger partial charge >= 0.3 is 0 Å². The lowest BCUT2D eigenvalue weighted by atomic mass is 10.2. The molecule has 144 valence electrons. The molecule has 4 nitrogen and oxygen atoms in total. The minimum Gasteiger partial charge on any atom is -0.352 e. The summed E-state index contributed by atoms with van der Waals surface area (Å²) in [7, 11) is 0. The molecule has 0 spiro atoms. The Kier molecular flexibility index (Phi) is 5.02. The number of hydrogen-bond acceptors (Lipinski definition) is 4. The molecule has 1 N–H and O–H groups in total. The van der Waals surface area contributed by atoms with Crippen molar-refractivity contribution < 1.29 is 0 Å². The van der Waals surface area contributed by atoms with Gasteiger partial charge in [0.05, 0.1) is 16.9 Å². The predicted molar refractivity (Wildman–Crippen MR) is 124 cm³/mol. The number of thiazole rings is 1. The molecule has 0 saturated heterocycles. The van der Waals surface area contributed by atoms with Crippen LogP contribution in [0.25, 0.3) is 43.8 Å². The predicted octanol–water partition coefficient (Wildman–Crippen LogP) is 6.59. The number of aromatic amines is 1. The first kappa shape index (κ1) is 18.2. The zero-order valence-corrected chi connectivity index (χ0v) is 16.9. The van der Waals surface area contributed by atoms with Crippen LogP contribution >= 0.6 is 11.3 Å². The Morgan fingerprint density at radius 3 is 2.47 bits per heavy atom. The number of hydrogen-bond donors (Lipinski definition) is 1. The third kappa shape index (κ3) is 3.83. The Balaban J connectivity index is 0.000000161. The van der Waals surface area contributed by atoms with Gasteiger partial charge in [-0.15, -0.1) is 11.3 Å². The number of nitrogens with zero attached hydrogens (tertiary/aromatic N) is 3. The SMILES string of the molecule is c1ccc(-c2csc(-c3cc4cnccc4[nH]3)n2)cc1.c1ccc2ncccc2c1. The summed E-state index contributed by atoms with van der Waals surface area (Å²) in [5.41, 5.74) is 5.35. The number of aromatic nitrogens is 4. The first-order valence-corrected chi connectivity index (χ1v) is 10.5. The summed E-state index contributed by atoms with van der Waals surface area (Å²) >= 11 is 1.65. The Morgan fingerprint density at radius 2 is 1.60 bits per heavy atom. The van der Waals surface area contributed by atoms with Gasteiger partial charge in [-0.25, -0.2) is 4.98 Å². The van der Waals surface area contributed by atoms with Gasteiger partial charge in [-0.3, -0.25) is 9.97 Å². The number of para-hydroxylation sites is 1. The van der Waals surface area contributed by atoms with Gasteiger partial charge in [0, 0.05) is 45.8 Å². The van der Waals surface area contributed by atoms with E-state index in [2.05, 4.69) is 50.7 Å². The maximum absolute atomic E-state index is 4.71. The summed E-state index contributed by atoms with van der Waals surface area (Å²) in [6.45, 7) is 0. The van der Waals surface area contributed by atoms with Crippen LogP contribution in [-0.4, -0.2) is 19.9 Å². The van der Waals surface area contributed by atoms with Crippen molar-refractivity contribution in [3.63, 3.8) is 0 Å². The number of pyridine rings is 2. The van der Waals surface area contributed by atoms with Crippen molar-refractivity contribution in [1.29, 1.82) is 0 Å². The third-order valence-electron chi connectivity index (χ3n) is 4.74. The van der Waals surface area contributed by atoms with Gasteiger partial charge in [0.1, 0.15) is 5.01 Å². The van der Waals surface area contributed by atoms with Crippen molar-refractivity contribution in [2.45, 2.75) is 0 Å². The highest BCUT2D eigenvalue weighted by Crippen LogP contribution is 2.30. The first-order valence-electron chi connectivity index (χ1n) is 9.61. The van der Waals surface area contributed by atoms with Gasteiger partial charge < -0.3 is 4.98 Å². The molecule has 2 aromatic carbocycles. The van der Waals surface area contributed by atoms with E-state index in [1.165, 1.54) is 5.39 Å². The molecule has 0 aliphatic heterocycles. The Hall–Kier alpha value is -3.83. The van der Waals surface area contributed by atoms with Crippen molar-refractivity contribution in [3.05, 3.63) is 103 Å². The molecule has 5 heteroatoms. The number of rotatable bonds is 2. The smallest absolute Gasteiger partial charge is 0.140 e. The Labute approximate surface area is 177 Å². The highest BCUT2D eigenvalue weighted by molar-refractivity contribution is 7.13. The number of nitrogens with one attached hydrogen (secondary N) is 1. The lowest BCUT2D eigenvalue weighted by Crippen LogP contribution is -1.78. The van der Waals surface area contributed by atoms with Crippen LogP contribution < -0.4 is 0 Å². The van der Waals surface area contributed by atoms with Crippen molar-refractivity contribution in [1.82, 2.24) is 19.9 Å². The van der Waals surface area contributed by atoms with Crippen LogP contribution in [-0.2, 0) is 0 Å². The Bertz CT molecular complexity index is 1300. The van der Waals surface area contributed by atoms with Gasteiger partial charge in [-0.2, -0.15) is 0 Å². The molecular formula is C25H18N4S. The zero-order chi connectivity index (χ0) is 20.2. The Morgan fingerprint density at radius 1 is 0.767 bits per heavy atom. The van der Waals surface area contributed by atoms with Crippen molar-refractivity contribution >= 4 is 33.1 Å². The van der Waals surface area contributed by atoms with Crippen molar-refractivity contribution in [3.8, 4) is 22.0 Å². The van der Waals surface area contributed by atoms with Crippen LogP contribution in [0, 0.1) is 0 Å². The van der Waals surface area contributed by atoms with E-state index in [0.29, 0.717) is 0 Å². The highest BCUT2D eigenvalue weighted by Gasteiger charge is 2.09. The molecule has 0 aliphatic rings. The van der Waals surface area contributed by atoms with E-state index < -0.39 is 0 Å². The highest BCUT2D eigenvalue weighted by atomic mass is 32.1. The van der Waals surface area contributed by atoms with Crippen molar-refractivity contribution in [2.75, 3.05) is 0 Å². The van der Waals surface area contributed by atoms with Crippen LogP contribution in [0.1, 0.15) is 0 Å². The topological polar surface area (TPSA) is 54.5 Å². The maximum Gasteiger partial charge on any atom is 0.140 e. The molecule has 0 bridgehead atoms. The average Bonchev–Trinajstić information content (AvgIpc) is 3.47. The third-order valence-corrected chi connectivity index (χ3v) is 5.61. The number of H-pyrrole nitrogens is 1. The summed E-state index contributed by atoms with van der Waals surface area (Å²) in [5, 5.41) is 5.40. The van der Waals surface area contributed by atoms with E-state index in [4.69, 9.17) is 4.98 Å². The lowest BCUT2D eigenvalue weighted by Gasteiger charge is -1.94. The molecule has 30 heavy (non-hydrogen) atoms. The monoisotopic (exact) mass is 406 g/mol. The molecule has 0 unspecified atom stereocenters. The van der Waals surface area contributed by atoms with Crippen LogP contribution in [0.4, 0.5) is 0 Å². The zero-order valence-electron chi connectivity index (χ0n) is 16.1. The van der Waals surface area contributed by atoms with Gasteiger partial charge in [0.2, 0.25) is 0 Å². The molecule has 6 rings (SSSR count). The van der Waals surface area contributed by atoms with Gasteiger partial charge in [0.15, 0.2) is 0 Å². The molecule has 4 aromatic heterocycles. The van der Waals surface area contributed by atoms with E-state index in [-0.39, 0.29) is 0 Å². The summed E-state index contributed by atoms with van der Waals surface area (Å²) in [6.07, 6.45) is 5.46. The van der Waals surface area contributed by atoms with Crippen LogP contribution in [0.3, 0.4) is 0 Å². The fourth-order valence-corrected chi connectivity index (χ4v) is 4.04. The second-order valence-corrected chi connectivity index (χ2v) is 7.60. The van der Waals surface area contributed by atoms with E-state index in [1.807, 2.05) is 60.9 Å². The quantitative estimate of drug-likeness (QED) is 0.353. The van der Waals surface area contributed by atoms with Crippen molar-refractivity contribution in [2.24, 2.45) is 0 Å². The molecule has 6 aromatic rings. The summed E-state index contributed by atoms with van der Waals surface area (Å²) in [4.78, 5) is 16.4. The summed E-state index contributed by atoms with van der Waals surface area (Å²) < 4.78 is 0. The number of benzene rings is 2. The van der Waals surface area contributed by atoms with Gasteiger partial charge in [-0.1, -0.05) is 54.6 Å².